The number of carbonyl (C=O) groups is 2. The molecule has 1 atom stereocenters. The summed E-state index contributed by atoms with van der Waals surface area (Å²) in [6.07, 6.45) is 0.209. The highest BCUT2D eigenvalue weighted by atomic mass is 16.5. The summed E-state index contributed by atoms with van der Waals surface area (Å²) in [7, 11) is 1.60. The van der Waals surface area contributed by atoms with E-state index in [-0.39, 0.29) is 18.9 Å². The number of benzene rings is 2. The van der Waals surface area contributed by atoms with E-state index in [1.54, 1.807) is 25.9 Å². The lowest BCUT2D eigenvalue weighted by Crippen LogP contribution is -2.44. The SMILES string of the molecule is CCOC(=O)C(C)N(Cc1ccccc1)C(=O)Cc1ccc(OC)cc1. The molecule has 0 saturated heterocycles. The van der Waals surface area contributed by atoms with Crippen molar-refractivity contribution in [2.24, 2.45) is 0 Å². The van der Waals surface area contributed by atoms with Gasteiger partial charge in [0.05, 0.1) is 20.1 Å². The van der Waals surface area contributed by atoms with Gasteiger partial charge in [-0.3, -0.25) is 4.79 Å². The first-order chi connectivity index (χ1) is 12.5. The second-order valence-electron chi connectivity index (χ2n) is 5.96. The molecule has 0 saturated carbocycles. The van der Waals surface area contributed by atoms with Crippen molar-refractivity contribution in [3.63, 3.8) is 0 Å². The summed E-state index contributed by atoms with van der Waals surface area (Å²) in [5, 5.41) is 0. The number of esters is 1. The van der Waals surface area contributed by atoms with Crippen LogP contribution in [0.25, 0.3) is 0 Å². The van der Waals surface area contributed by atoms with Crippen molar-refractivity contribution in [3.8, 4) is 5.75 Å². The van der Waals surface area contributed by atoms with Crippen LogP contribution < -0.4 is 4.74 Å². The number of ether oxygens (including phenoxy) is 2. The topological polar surface area (TPSA) is 55.8 Å². The molecule has 138 valence electrons. The molecule has 0 fully saturated rings. The highest BCUT2D eigenvalue weighted by Crippen LogP contribution is 2.15. The summed E-state index contributed by atoms with van der Waals surface area (Å²) in [5.41, 5.74) is 1.83. The summed E-state index contributed by atoms with van der Waals surface area (Å²) in [6.45, 7) is 4.10. The zero-order valence-corrected chi connectivity index (χ0v) is 15.5. The summed E-state index contributed by atoms with van der Waals surface area (Å²) in [5.74, 6) is 0.216. The number of hydrogen-bond donors (Lipinski definition) is 0. The highest BCUT2D eigenvalue weighted by Gasteiger charge is 2.27. The van der Waals surface area contributed by atoms with Crippen molar-refractivity contribution >= 4 is 11.9 Å². The lowest BCUT2D eigenvalue weighted by Gasteiger charge is -2.28. The van der Waals surface area contributed by atoms with E-state index in [1.807, 2.05) is 54.6 Å². The lowest BCUT2D eigenvalue weighted by molar-refractivity contribution is -0.154. The van der Waals surface area contributed by atoms with Crippen LogP contribution in [0.2, 0.25) is 0 Å². The first-order valence-corrected chi connectivity index (χ1v) is 8.68. The van der Waals surface area contributed by atoms with Crippen LogP contribution in [-0.2, 0) is 27.3 Å². The maximum atomic E-state index is 12.9. The molecular weight excluding hydrogens is 330 g/mol. The highest BCUT2D eigenvalue weighted by molar-refractivity contribution is 5.85. The average Bonchev–Trinajstić information content (AvgIpc) is 2.67. The number of rotatable bonds is 8. The fourth-order valence-electron chi connectivity index (χ4n) is 2.63. The van der Waals surface area contributed by atoms with Crippen LogP contribution in [-0.4, -0.2) is 36.5 Å². The molecule has 0 aromatic heterocycles. The maximum Gasteiger partial charge on any atom is 0.328 e. The fourth-order valence-corrected chi connectivity index (χ4v) is 2.63. The van der Waals surface area contributed by atoms with E-state index in [0.717, 1.165) is 16.9 Å². The smallest absolute Gasteiger partial charge is 0.328 e. The number of nitrogens with zero attached hydrogens (tertiary/aromatic N) is 1. The van der Waals surface area contributed by atoms with Crippen LogP contribution in [0.4, 0.5) is 0 Å². The summed E-state index contributed by atoms with van der Waals surface area (Å²) >= 11 is 0. The quantitative estimate of drug-likeness (QED) is 0.682. The predicted molar refractivity (Wildman–Crippen MR) is 99.8 cm³/mol. The van der Waals surface area contributed by atoms with Crippen LogP contribution in [0.1, 0.15) is 25.0 Å². The van der Waals surface area contributed by atoms with E-state index < -0.39 is 12.0 Å². The van der Waals surface area contributed by atoms with E-state index in [0.29, 0.717) is 6.54 Å². The molecule has 0 aliphatic rings. The van der Waals surface area contributed by atoms with Crippen LogP contribution in [0.15, 0.2) is 54.6 Å². The zero-order chi connectivity index (χ0) is 18.9. The third-order valence-corrected chi connectivity index (χ3v) is 4.13. The molecule has 0 aliphatic carbocycles. The third-order valence-electron chi connectivity index (χ3n) is 4.13. The van der Waals surface area contributed by atoms with Crippen LogP contribution in [0.5, 0.6) is 5.75 Å². The second kappa shape index (κ2) is 9.61. The predicted octanol–water partition coefficient (Wildman–Crippen LogP) is 3.22. The minimum atomic E-state index is -0.652. The zero-order valence-electron chi connectivity index (χ0n) is 15.5. The standard InChI is InChI=1S/C21H25NO4/c1-4-26-21(24)16(2)22(15-18-8-6-5-7-9-18)20(23)14-17-10-12-19(25-3)13-11-17/h5-13,16H,4,14-15H2,1-3H3. The van der Waals surface area contributed by atoms with E-state index in [4.69, 9.17) is 9.47 Å². The van der Waals surface area contributed by atoms with Gasteiger partial charge in [-0.15, -0.1) is 0 Å². The average molecular weight is 355 g/mol. The molecule has 2 rings (SSSR count). The molecule has 1 unspecified atom stereocenters. The lowest BCUT2D eigenvalue weighted by atomic mass is 10.1. The van der Waals surface area contributed by atoms with Crippen molar-refractivity contribution in [2.45, 2.75) is 32.9 Å². The summed E-state index contributed by atoms with van der Waals surface area (Å²) < 4.78 is 10.2. The Labute approximate surface area is 154 Å². The Balaban J connectivity index is 2.17. The molecule has 1 amide bonds. The van der Waals surface area contributed by atoms with Crippen molar-refractivity contribution in [3.05, 3.63) is 65.7 Å². The van der Waals surface area contributed by atoms with Gasteiger partial charge in [0.2, 0.25) is 5.91 Å². The monoisotopic (exact) mass is 355 g/mol. The van der Waals surface area contributed by atoms with Gasteiger partial charge in [0, 0.05) is 6.54 Å². The summed E-state index contributed by atoms with van der Waals surface area (Å²) in [6, 6.07) is 16.3. The van der Waals surface area contributed by atoms with E-state index in [2.05, 4.69) is 0 Å². The van der Waals surface area contributed by atoms with Gasteiger partial charge in [-0.25, -0.2) is 4.79 Å². The molecule has 0 aliphatic heterocycles. The second-order valence-corrected chi connectivity index (χ2v) is 5.96. The van der Waals surface area contributed by atoms with Crippen LogP contribution in [0, 0.1) is 0 Å². The Kier molecular flexibility index (Phi) is 7.21. The Morgan fingerprint density at radius 1 is 1.00 bits per heavy atom. The van der Waals surface area contributed by atoms with Crippen LogP contribution in [0.3, 0.4) is 0 Å². The first-order valence-electron chi connectivity index (χ1n) is 8.68. The van der Waals surface area contributed by atoms with E-state index in [9.17, 15) is 9.59 Å². The fraction of sp³-hybridized carbons (Fsp3) is 0.333. The number of amides is 1. The minimum absolute atomic E-state index is 0.125. The minimum Gasteiger partial charge on any atom is -0.497 e. The van der Waals surface area contributed by atoms with Gasteiger partial charge in [-0.05, 0) is 37.1 Å². The van der Waals surface area contributed by atoms with Gasteiger partial charge in [0.25, 0.3) is 0 Å². The Bertz CT molecular complexity index is 713. The van der Waals surface area contributed by atoms with Crippen molar-refractivity contribution in [1.82, 2.24) is 4.90 Å². The van der Waals surface area contributed by atoms with Gasteiger partial charge >= 0.3 is 5.97 Å². The molecule has 2 aromatic rings. The maximum absolute atomic E-state index is 12.9. The van der Waals surface area contributed by atoms with Gasteiger partial charge in [0.1, 0.15) is 11.8 Å². The molecule has 0 bridgehead atoms. The molecular formula is C21H25NO4. The Morgan fingerprint density at radius 2 is 1.65 bits per heavy atom. The van der Waals surface area contributed by atoms with Crippen molar-refractivity contribution in [1.29, 1.82) is 0 Å². The molecule has 0 radical (unpaired) electrons. The Morgan fingerprint density at radius 3 is 2.23 bits per heavy atom. The largest absolute Gasteiger partial charge is 0.497 e. The molecule has 0 N–H and O–H groups in total. The van der Waals surface area contributed by atoms with Crippen molar-refractivity contribution in [2.75, 3.05) is 13.7 Å². The van der Waals surface area contributed by atoms with Gasteiger partial charge in [0.15, 0.2) is 0 Å². The van der Waals surface area contributed by atoms with Gasteiger partial charge < -0.3 is 14.4 Å². The number of hydrogen-bond acceptors (Lipinski definition) is 4. The molecule has 2 aromatic carbocycles. The molecule has 0 spiro atoms. The number of methoxy groups -OCH3 is 1. The Hall–Kier alpha value is -2.82. The molecule has 26 heavy (non-hydrogen) atoms. The van der Waals surface area contributed by atoms with E-state index >= 15 is 0 Å². The molecule has 5 heteroatoms. The van der Waals surface area contributed by atoms with E-state index in [1.165, 1.54) is 0 Å². The van der Waals surface area contributed by atoms with Crippen LogP contribution >= 0.6 is 0 Å². The normalized spacial score (nSPS) is 11.5. The van der Waals surface area contributed by atoms with Gasteiger partial charge in [-0.2, -0.15) is 0 Å². The molecule has 0 heterocycles. The first kappa shape index (κ1) is 19.5. The third kappa shape index (κ3) is 5.34. The molecule has 5 nitrogen and oxygen atoms in total. The number of carbonyl (C=O) groups excluding carboxylic acids is 2. The van der Waals surface area contributed by atoms with Gasteiger partial charge in [-0.1, -0.05) is 42.5 Å². The summed E-state index contributed by atoms with van der Waals surface area (Å²) in [4.78, 5) is 26.7. The van der Waals surface area contributed by atoms with Crippen molar-refractivity contribution < 1.29 is 19.1 Å².